The van der Waals surface area contributed by atoms with Crippen molar-refractivity contribution in [3.05, 3.63) is 24.6 Å². The average Bonchev–Trinajstić information content (AvgIpc) is 2.39. The van der Waals surface area contributed by atoms with Gasteiger partial charge in [-0.3, -0.25) is 10.3 Å². The Kier molecular flexibility index (Phi) is 4.85. The van der Waals surface area contributed by atoms with Crippen LogP contribution in [0.4, 0.5) is 0 Å². The molecule has 0 bridgehead atoms. The largest absolute Gasteiger partial charge is 0.389 e. The van der Waals surface area contributed by atoms with Crippen molar-refractivity contribution in [2.45, 2.75) is 25.4 Å². The first kappa shape index (κ1) is 12.4. The molecule has 0 aliphatic carbocycles. The molecule has 0 aromatic carbocycles. The minimum Gasteiger partial charge on any atom is -0.389 e. The molecule has 5 heteroatoms. The van der Waals surface area contributed by atoms with Crippen LogP contribution in [0.25, 0.3) is 0 Å². The summed E-state index contributed by atoms with van der Waals surface area (Å²) in [5.41, 5.74) is 2.90. The van der Waals surface area contributed by atoms with Gasteiger partial charge in [-0.15, -0.1) is 0 Å². The average molecular weight is 239 g/mol. The monoisotopic (exact) mass is 239 g/mol. The number of hydrazine groups is 1. The van der Waals surface area contributed by atoms with Gasteiger partial charge in [0.25, 0.3) is 0 Å². The zero-order chi connectivity index (χ0) is 11.9. The Hall–Kier alpha value is -1.04. The zero-order valence-electron chi connectivity index (χ0n) is 10.1. The van der Waals surface area contributed by atoms with Gasteiger partial charge >= 0.3 is 0 Å². The maximum atomic E-state index is 9.87. The van der Waals surface area contributed by atoms with Crippen molar-refractivity contribution >= 4 is 0 Å². The molecule has 2 rings (SSSR count). The molecular weight excluding hydrogens is 218 g/mol. The number of hydrogen-bond acceptors (Lipinski definition) is 5. The Balaban J connectivity index is 1.61. The summed E-state index contributed by atoms with van der Waals surface area (Å²) in [6.45, 7) is 3.21. The first-order chi connectivity index (χ1) is 8.34. The van der Waals surface area contributed by atoms with Gasteiger partial charge in [-0.2, -0.15) is 5.17 Å². The van der Waals surface area contributed by atoms with Gasteiger partial charge in [-0.1, -0.05) is 6.42 Å². The number of nitrogens with one attached hydrogen (secondary N) is 1. The Morgan fingerprint density at radius 2 is 2.06 bits per heavy atom. The van der Waals surface area contributed by atoms with Gasteiger partial charge in [0.1, 0.15) is 6.61 Å². The van der Waals surface area contributed by atoms with Crippen molar-refractivity contribution in [3.8, 4) is 0 Å². The third-order valence-electron chi connectivity index (χ3n) is 2.95. The SMILES string of the molecule is OC(CON1C=CC=CN1)CN1CCCCC1. The second-order valence-corrected chi connectivity index (χ2v) is 4.47. The summed E-state index contributed by atoms with van der Waals surface area (Å²) in [5, 5.41) is 11.4. The number of aliphatic hydroxyl groups excluding tert-OH is 1. The van der Waals surface area contributed by atoms with E-state index in [0.717, 1.165) is 13.1 Å². The van der Waals surface area contributed by atoms with Crippen LogP contribution >= 0.6 is 0 Å². The van der Waals surface area contributed by atoms with Crippen molar-refractivity contribution in [1.29, 1.82) is 0 Å². The fourth-order valence-electron chi connectivity index (χ4n) is 2.08. The molecule has 1 unspecified atom stereocenters. The number of aliphatic hydroxyl groups is 1. The number of hydroxylamine groups is 1. The minimum absolute atomic E-state index is 0.307. The Morgan fingerprint density at radius 3 is 2.76 bits per heavy atom. The Morgan fingerprint density at radius 1 is 1.24 bits per heavy atom. The molecule has 17 heavy (non-hydrogen) atoms. The normalized spacial score (nSPS) is 22.5. The van der Waals surface area contributed by atoms with E-state index in [-0.39, 0.29) is 0 Å². The maximum Gasteiger partial charge on any atom is 0.104 e. The fourth-order valence-corrected chi connectivity index (χ4v) is 2.08. The lowest BCUT2D eigenvalue weighted by Gasteiger charge is -2.29. The molecule has 2 aliphatic rings. The van der Waals surface area contributed by atoms with E-state index in [1.165, 1.54) is 24.4 Å². The molecule has 1 atom stereocenters. The molecule has 1 saturated heterocycles. The smallest absolute Gasteiger partial charge is 0.104 e. The molecule has 1 fully saturated rings. The first-order valence-electron chi connectivity index (χ1n) is 6.27. The minimum atomic E-state index is -0.436. The number of piperidine rings is 1. The van der Waals surface area contributed by atoms with Crippen LogP contribution in [-0.2, 0) is 4.84 Å². The Bertz CT molecular complexity index is 275. The topological polar surface area (TPSA) is 48.0 Å². The summed E-state index contributed by atoms with van der Waals surface area (Å²) in [4.78, 5) is 7.70. The second kappa shape index (κ2) is 6.64. The van der Waals surface area contributed by atoms with Crippen LogP contribution in [-0.4, -0.2) is 47.5 Å². The van der Waals surface area contributed by atoms with Crippen LogP contribution in [0.5, 0.6) is 0 Å². The summed E-state index contributed by atoms with van der Waals surface area (Å²) in [7, 11) is 0. The molecule has 0 radical (unpaired) electrons. The van der Waals surface area contributed by atoms with Crippen molar-refractivity contribution in [3.63, 3.8) is 0 Å². The standard InChI is InChI=1S/C12H21N3O2/c16-12(10-14-7-3-1-4-8-14)11-17-15-9-5-2-6-13-15/h2,5-6,9,12-13,16H,1,3-4,7-8,10-11H2. The van der Waals surface area contributed by atoms with E-state index >= 15 is 0 Å². The third-order valence-corrected chi connectivity index (χ3v) is 2.95. The van der Waals surface area contributed by atoms with E-state index in [2.05, 4.69) is 10.3 Å². The van der Waals surface area contributed by atoms with Gasteiger partial charge < -0.3 is 10.0 Å². The highest BCUT2D eigenvalue weighted by Crippen LogP contribution is 2.09. The molecule has 2 aliphatic heterocycles. The molecule has 2 heterocycles. The van der Waals surface area contributed by atoms with E-state index < -0.39 is 6.10 Å². The van der Waals surface area contributed by atoms with E-state index in [0.29, 0.717) is 13.2 Å². The molecule has 0 aromatic rings. The maximum absolute atomic E-state index is 9.87. The third kappa shape index (κ3) is 4.38. The quantitative estimate of drug-likeness (QED) is 0.736. The van der Waals surface area contributed by atoms with Crippen molar-refractivity contribution in [1.82, 2.24) is 15.5 Å². The molecule has 0 aromatic heterocycles. The van der Waals surface area contributed by atoms with Crippen LogP contribution < -0.4 is 5.43 Å². The molecule has 0 spiro atoms. The lowest BCUT2D eigenvalue weighted by molar-refractivity contribution is -0.171. The van der Waals surface area contributed by atoms with Gasteiger partial charge in [-0.05, 0) is 38.1 Å². The lowest BCUT2D eigenvalue weighted by atomic mass is 10.1. The van der Waals surface area contributed by atoms with Gasteiger partial charge in [0.05, 0.1) is 12.3 Å². The van der Waals surface area contributed by atoms with Crippen molar-refractivity contribution in [2.24, 2.45) is 0 Å². The summed E-state index contributed by atoms with van der Waals surface area (Å²) >= 11 is 0. The first-order valence-corrected chi connectivity index (χ1v) is 6.27. The van der Waals surface area contributed by atoms with E-state index in [9.17, 15) is 5.11 Å². The predicted octanol–water partition coefficient (Wildman–Crippen LogP) is 0.612. The van der Waals surface area contributed by atoms with E-state index in [1.807, 2.05) is 12.2 Å². The van der Waals surface area contributed by atoms with Crippen molar-refractivity contribution < 1.29 is 9.94 Å². The molecule has 2 N–H and O–H groups in total. The predicted molar refractivity (Wildman–Crippen MR) is 65.5 cm³/mol. The Labute approximate surface area is 102 Å². The zero-order valence-corrected chi connectivity index (χ0v) is 10.1. The van der Waals surface area contributed by atoms with E-state index in [1.54, 1.807) is 12.4 Å². The molecule has 0 amide bonds. The number of nitrogens with zero attached hydrogens (tertiary/aromatic N) is 2. The number of hydrogen-bond donors (Lipinski definition) is 2. The number of rotatable bonds is 5. The number of likely N-dealkylation sites (tertiary alicyclic amines) is 1. The lowest BCUT2D eigenvalue weighted by Crippen LogP contribution is -2.40. The molecular formula is C12H21N3O2. The molecule has 96 valence electrons. The highest BCUT2D eigenvalue weighted by atomic mass is 16.7. The summed E-state index contributed by atoms with van der Waals surface area (Å²) in [6, 6.07) is 0. The van der Waals surface area contributed by atoms with Crippen molar-refractivity contribution in [2.75, 3.05) is 26.2 Å². The summed E-state index contributed by atoms with van der Waals surface area (Å²) in [5.74, 6) is 0. The van der Waals surface area contributed by atoms with Gasteiger partial charge in [0.2, 0.25) is 0 Å². The highest BCUT2D eigenvalue weighted by Gasteiger charge is 2.15. The molecule has 5 nitrogen and oxygen atoms in total. The van der Waals surface area contributed by atoms with Crippen LogP contribution in [0.1, 0.15) is 19.3 Å². The van der Waals surface area contributed by atoms with E-state index in [4.69, 9.17) is 4.84 Å². The van der Waals surface area contributed by atoms with Gasteiger partial charge in [0.15, 0.2) is 0 Å². The fraction of sp³-hybridized carbons (Fsp3) is 0.667. The number of allylic oxidation sites excluding steroid dienone is 2. The van der Waals surface area contributed by atoms with Gasteiger partial charge in [0, 0.05) is 12.7 Å². The van der Waals surface area contributed by atoms with Crippen LogP contribution in [0.3, 0.4) is 0 Å². The summed E-state index contributed by atoms with van der Waals surface area (Å²) < 4.78 is 0. The van der Waals surface area contributed by atoms with Crippen LogP contribution in [0.2, 0.25) is 0 Å². The molecule has 0 saturated carbocycles. The van der Waals surface area contributed by atoms with Gasteiger partial charge in [-0.25, -0.2) is 0 Å². The van der Waals surface area contributed by atoms with Crippen LogP contribution in [0, 0.1) is 0 Å². The highest BCUT2D eigenvalue weighted by molar-refractivity contribution is 5.03. The summed E-state index contributed by atoms with van der Waals surface area (Å²) in [6.07, 6.45) is 10.7. The van der Waals surface area contributed by atoms with Crippen LogP contribution in [0.15, 0.2) is 24.6 Å². The second-order valence-electron chi connectivity index (χ2n) is 4.47. The number of β-amino-alcohol motifs (C(OH)–C–C–N with tert-alkyl or cyclic N) is 1.